The summed E-state index contributed by atoms with van der Waals surface area (Å²) in [5.41, 5.74) is 1.81. The van der Waals surface area contributed by atoms with E-state index < -0.39 is 0 Å². The van der Waals surface area contributed by atoms with Crippen LogP contribution in [0.25, 0.3) is 11.2 Å². The second-order valence-electron chi connectivity index (χ2n) is 4.96. The summed E-state index contributed by atoms with van der Waals surface area (Å²) in [5, 5.41) is 3.42. The lowest BCUT2D eigenvalue weighted by atomic mass is 10.4. The number of aromatic nitrogens is 4. The van der Waals surface area contributed by atoms with Crippen LogP contribution in [0.2, 0.25) is 0 Å². The number of rotatable bonds is 3. The Balaban J connectivity index is 2.14. The molecule has 0 atom stereocenters. The van der Waals surface area contributed by atoms with Crippen LogP contribution in [-0.4, -0.2) is 25.6 Å². The molecule has 0 amide bonds. The lowest BCUT2D eigenvalue weighted by molar-refractivity contribution is 0.612. The van der Waals surface area contributed by atoms with Crippen molar-refractivity contribution in [1.29, 1.82) is 0 Å². The normalized spacial score (nSPS) is 15.8. The SMILES string of the molecule is Cc1nc(NC2CC2)c2ncn(C(C)C)c2n1. The third-order valence-electron chi connectivity index (χ3n) is 3.01. The third kappa shape index (κ3) is 1.85. The molecule has 17 heavy (non-hydrogen) atoms. The van der Waals surface area contributed by atoms with E-state index in [0.29, 0.717) is 12.1 Å². The topological polar surface area (TPSA) is 55.6 Å². The number of aryl methyl sites for hydroxylation is 1. The van der Waals surface area contributed by atoms with Crippen molar-refractivity contribution in [2.45, 2.75) is 45.7 Å². The molecule has 5 heteroatoms. The molecule has 0 bridgehead atoms. The van der Waals surface area contributed by atoms with Crippen molar-refractivity contribution in [2.24, 2.45) is 0 Å². The van der Waals surface area contributed by atoms with Gasteiger partial charge in [0.05, 0.1) is 6.33 Å². The van der Waals surface area contributed by atoms with Crippen LogP contribution in [0.15, 0.2) is 6.33 Å². The summed E-state index contributed by atoms with van der Waals surface area (Å²) in [6.45, 7) is 6.19. The molecule has 90 valence electrons. The molecular formula is C12H17N5. The van der Waals surface area contributed by atoms with E-state index in [1.807, 2.05) is 13.3 Å². The minimum Gasteiger partial charge on any atom is -0.365 e. The van der Waals surface area contributed by atoms with Crippen molar-refractivity contribution < 1.29 is 0 Å². The highest BCUT2D eigenvalue weighted by atomic mass is 15.2. The van der Waals surface area contributed by atoms with E-state index in [9.17, 15) is 0 Å². The standard InChI is InChI=1S/C12H17N5/c1-7(2)17-6-13-10-11(16-9-4-5-9)14-8(3)15-12(10)17/h6-7,9H,4-5H2,1-3H3,(H,14,15,16). The first-order valence-corrected chi connectivity index (χ1v) is 6.13. The van der Waals surface area contributed by atoms with Gasteiger partial charge in [0.15, 0.2) is 11.5 Å². The number of imidazole rings is 1. The molecule has 1 fully saturated rings. The highest BCUT2D eigenvalue weighted by Crippen LogP contribution is 2.28. The fourth-order valence-corrected chi connectivity index (χ4v) is 1.92. The van der Waals surface area contributed by atoms with Gasteiger partial charge in [0.1, 0.15) is 11.3 Å². The highest BCUT2D eigenvalue weighted by molar-refractivity contribution is 5.83. The number of hydrogen-bond donors (Lipinski definition) is 1. The molecule has 1 N–H and O–H groups in total. The quantitative estimate of drug-likeness (QED) is 0.880. The Morgan fingerprint density at radius 3 is 2.76 bits per heavy atom. The van der Waals surface area contributed by atoms with Gasteiger partial charge in [0.25, 0.3) is 0 Å². The van der Waals surface area contributed by atoms with Gasteiger partial charge >= 0.3 is 0 Å². The largest absolute Gasteiger partial charge is 0.365 e. The molecular weight excluding hydrogens is 214 g/mol. The van der Waals surface area contributed by atoms with Gasteiger partial charge in [-0.15, -0.1) is 0 Å². The van der Waals surface area contributed by atoms with Gasteiger partial charge in [-0.3, -0.25) is 0 Å². The summed E-state index contributed by atoms with van der Waals surface area (Å²) in [7, 11) is 0. The first-order chi connectivity index (χ1) is 8.15. The van der Waals surface area contributed by atoms with E-state index in [-0.39, 0.29) is 0 Å². The predicted molar refractivity (Wildman–Crippen MR) is 67.1 cm³/mol. The minimum absolute atomic E-state index is 0.364. The second-order valence-corrected chi connectivity index (χ2v) is 4.96. The zero-order valence-corrected chi connectivity index (χ0v) is 10.4. The maximum absolute atomic E-state index is 4.49. The van der Waals surface area contributed by atoms with E-state index in [4.69, 9.17) is 0 Å². The average molecular weight is 231 g/mol. The molecule has 2 heterocycles. The molecule has 0 spiro atoms. The van der Waals surface area contributed by atoms with Crippen LogP contribution in [0.5, 0.6) is 0 Å². The fourth-order valence-electron chi connectivity index (χ4n) is 1.92. The van der Waals surface area contributed by atoms with E-state index in [1.54, 1.807) is 0 Å². The van der Waals surface area contributed by atoms with Crippen LogP contribution in [0, 0.1) is 6.92 Å². The summed E-state index contributed by atoms with van der Waals surface area (Å²) in [4.78, 5) is 13.4. The predicted octanol–water partition coefficient (Wildman–Crippen LogP) is 2.29. The van der Waals surface area contributed by atoms with E-state index in [0.717, 1.165) is 22.8 Å². The highest BCUT2D eigenvalue weighted by Gasteiger charge is 2.23. The molecule has 2 aromatic rings. The van der Waals surface area contributed by atoms with E-state index in [2.05, 4.69) is 38.7 Å². The lowest BCUT2D eigenvalue weighted by Crippen LogP contribution is -2.07. The average Bonchev–Trinajstić information content (AvgIpc) is 2.94. The summed E-state index contributed by atoms with van der Waals surface area (Å²) < 4.78 is 2.09. The zero-order chi connectivity index (χ0) is 12.0. The maximum atomic E-state index is 4.49. The van der Waals surface area contributed by atoms with Gasteiger partial charge in [0, 0.05) is 12.1 Å². The Bertz CT molecular complexity index is 553. The molecule has 1 aliphatic carbocycles. The van der Waals surface area contributed by atoms with Crippen LogP contribution < -0.4 is 5.32 Å². The van der Waals surface area contributed by atoms with Crippen LogP contribution in [0.1, 0.15) is 38.6 Å². The number of anilines is 1. The van der Waals surface area contributed by atoms with Crippen LogP contribution in [0.3, 0.4) is 0 Å². The van der Waals surface area contributed by atoms with E-state index >= 15 is 0 Å². The van der Waals surface area contributed by atoms with Gasteiger partial charge in [-0.2, -0.15) is 0 Å². The van der Waals surface area contributed by atoms with Gasteiger partial charge in [-0.1, -0.05) is 0 Å². The molecule has 0 unspecified atom stereocenters. The summed E-state index contributed by atoms with van der Waals surface area (Å²) in [5.74, 6) is 1.68. The molecule has 2 aromatic heterocycles. The van der Waals surface area contributed by atoms with Gasteiger partial charge < -0.3 is 9.88 Å². The van der Waals surface area contributed by atoms with Crippen LogP contribution in [-0.2, 0) is 0 Å². The first-order valence-electron chi connectivity index (χ1n) is 6.13. The van der Waals surface area contributed by atoms with Gasteiger partial charge in [0.2, 0.25) is 0 Å². The van der Waals surface area contributed by atoms with Crippen LogP contribution >= 0.6 is 0 Å². The monoisotopic (exact) mass is 231 g/mol. The molecule has 3 rings (SSSR count). The van der Waals surface area contributed by atoms with Gasteiger partial charge in [-0.25, -0.2) is 15.0 Å². The Morgan fingerprint density at radius 1 is 1.35 bits per heavy atom. The smallest absolute Gasteiger partial charge is 0.165 e. The summed E-state index contributed by atoms with van der Waals surface area (Å²) in [6.07, 6.45) is 4.31. The number of nitrogens with zero attached hydrogens (tertiary/aromatic N) is 4. The minimum atomic E-state index is 0.364. The maximum Gasteiger partial charge on any atom is 0.165 e. The van der Waals surface area contributed by atoms with Crippen molar-refractivity contribution in [3.05, 3.63) is 12.2 Å². The summed E-state index contributed by atoms with van der Waals surface area (Å²) in [6, 6.07) is 0.944. The Kier molecular flexibility index (Phi) is 2.28. The third-order valence-corrected chi connectivity index (χ3v) is 3.01. The molecule has 1 aliphatic rings. The molecule has 1 saturated carbocycles. The van der Waals surface area contributed by atoms with Crippen LogP contribution in [0.4, 0.5) is 5.82 Å². The second kappa shape index (κ2) is 3.68. The number of fused-ring (bicyclic) bond motifs is 1. The van der Waals surface area contributed by atoms with E-state index in [1.165, 1.54) is 12.8 Å². The Morgan fingerprint density at radius 2 is 2.12 bits per heavy atom. The zero-order valence-electron chi connectivity index (χ0n) is 10.4. The molecule has 0 radical (unpaired) electrons. The first kappa shape index (κ1) is 10.5. The van der Waals surface area contributed by atoms with Crippen molar-refractivity contribution in [3.8, 4) is 0 Å². The lowest BCUT2D eigenvalue weighted by Gasteiger charge is -2.09. The molecule has 0 aromatic carbocycles. The molecule has 0 saturated heterocycles. The molecule has 0 aliphatic heterocycles. The number of hydrogen-bond acceptors (Lipinski definition) is 4. The van der Waals surface area contributed by atoms with Gasteiger partial charge in [-0.05, 0) is 33.6 Å². The molecule has 5 nitrogen and oxygen atoms in total. The van der Waals surface area contributed by atoms with Crippen molar-refractivity contribution >= 4 is 17.0 Å². The Labute approximate surface area is 100 Å². The van der Waals surface area contributed by atoms with Crippen molar-refractivity contribution in [3.63, 3.8) is 0 Å². The number of nitrogens with one attached hydrogen (secondary N) is 1. The Hall–Kier alpha value is -1.65. The van der Waals surface area contributed by atoms with Crippen molar-refractivity contribution in [2.75, 3.05) is 5.32 Å². The summed E-state index contributed by atoms with van der Waals surface area (Å²) >= 11 is 0. The fraction of sp³-hybridized carbons (Fsp3) is 0.583. The van der Waals surface area contributed by atoms with Crippen molar-refractivity contribution in [1.82, 2.24) is 19.5 Å².